The van der Waals surface area contributed by atoms with E-state index in [0.717, 1.165) is 6.34 Å². The summed E-state index contributed by atoms with van der Waals surface area (Å²) in [7, 11) is -3.60. The van der Waals surface area contributed by atoms with Crippen LogP contribution in [0.5, 0.6) is 0 Å². The van der Waals surface area contributed by atoms with E-state index in [1.54, 1.807) is 0 Å². The fourth-order valence-corrected chi connectivity index (χ4v) is 2.10. The second-order valence-corrected chi connectivity index (χ2v) is 4.39. The zero-order chi connectivity index (χ0) is 9.47. The molecule has 1 aromatic heterocycles. The molecule has 5 nitrogen and oxygen atoms in total. The van der Waals surface area contributed by atoms with Crippen LogP contribution in [0.4, 0.5) is 5.82 Å². The molecule has 0 aromatic carbocycles. The van der Waals surface area contributed by atoms with Crippen LogP contribution in [0, 0.1) is 0 Å². The number of halogens is 1. The van der Waals surface area contributed by atoms with Crippen molar-refractivity contribution < 1.29 is 8.42 Å². The molecule has 1 aromatic rings. The molecule has 1 aliphatic heterocycles. The highest BCUT2D eigenvalue weighted by molar-refractivity contribution is 7.90. The Kier molecular flexibility index (Phi) is 1.74. The zero-order valence-electron chi connectivity index (χ0n) is 6.23. The number of hydrogen-bond donors (Lipinski definition) is 1. The molecule has 0 saturated carbocycles. The summed E-state index contributed by atoms with van der Waals surface area (Å²) in [5.41, 5.74) is 0. The molecular weight excluding hydrogens is 214 g/mol. The predicted molar refractivity (Wildman–Crippen MR) is 48.5 cm³/mol. The van der Waals surface area contributed by atoms with Crippen molar-refractivity contribution in [1.29, 1.82) is 0 Å². The van der Waals surface area contributed by atoms with Gasteiger partial charge in [-0.2, -0.15) is 8.42 Å². The smallest absolute Gasteiger partial charge is 0.287 e. The molecule has 0 radical (unpaired) electrons. The lowest BCUT2D eigenvalue weighted by Gasteiger charge is -2.10. The lowest BCUT2D eigenvalue weighted by Crippen LogP contribution is -2.12. The summed E-state index contributed by atoms with van der Waals surface area (Å²) in [5, 5.41) is 2.87. The Morgan fingerprint density at radius 3 is 3.00 bits per heavy atom. The summed E-state index contributed by atoms with van der Waals surface area (Å²) < 4.78 is 25.9. The molecule has 0 bridgehead atoms. The van der Waals surface area contributed by atoms with E-state index in [2.05, 4.69) is 14.7 Å². The largest absolute Gasteiger partial charge is 0.329 e. The van der Waals surface area contributed by atoms with Crippen molar-refractivity contribution in [2.75, 3.05) is 5.32 Å². The van der Waals surface area contributed by atoms with Crippen LogP contribution >= 0.6 is 11.6 Å². The molecule has 0 saturated heterocycles. The molecular formula is C6H4ClN3O2S. The van der Waals surface area contributed by atoms with Gasteiger partial charge < -0.3 is 5.32 Å². The molecule has 0 spiro atoms. The summed E-state index contributed by atoms with van der Waals surface area (Å²) in [4.78, 5) is 3.80. The lowest BCUT2D eigenvalue weighted by molar-refractivity contribution is 0.597. The van der Waals surface area contributed by atoms with E-state index >= 15 is 0 Å². The second kappa shape index (κ2) is 2.68. The quantitative estimate of drug-likeness (QED) is 0.700. The third-order valence-corrected chi connectivity index (χ3v) is 2.95. The standard InChI is InChI=1S/C6H4ClN3O2S/c7-4-1-5-6(8-2-4)9-3-10-13(5,11)12/h1-3H,(H,8,9,10). The Morgan fingerprint density at radius 2 is 2.23 bits per heavy atom. The maximum absolute atomic E-state index is 11.3. The van der Waals surface area contributed by atoms with Crippen molar-refractivity contribution in [3.8, 4) is 0 Å². The number of rotatable bonds is 0. The van der Waals surface area contributed by atoms with Gasteiger partial charge in [-0.25, -0.2) is 4.98 Å². The van der Waals surface area contributed by atoms with Gasteiger partial charge >= 0.3 is 0 Å². The highest BCUT2D eigenvalue weighted by atomic mass is 35.5. The van der Waals surface area contributed by atoms with Crippen molar-refractivity contribution in [3.05, 3.63) is 17.3 Å². The number of fused-ring (bicyclic) bond motifs is 1. The van der Waals surface area contributed by atoms with Crippen LogP contribution in [0.3, 0.4) is 0 Å². The molecule has 13 heavy (non-hydrogen) atoms. The first-order valence-corrected chi connectivity index (χ1v) is 5.12. The summed E-state index contributed by atoms with van der Waals surface area (Å²) in [5.74, 6) is 0.249. The van der Waals surface area contributed by atoms with E-state index < -0.39 is 10.0 Å². The van der Waals surface area contributed by atoms with Crippen molar-refractivity contribution in [3.63, 3.8) is 0 Å². The summed E-state index contributed by atoms with van der Waals surface area (Å²) in [6.07, 6.45) is 2.45. The molecule has 2 heterocycles. The van der Waals surface area contributed by atoms with Crippen LogP contribution in [0.2, 0.25) is 5.02 Å². The van der Waals surface area contributed by atoms with Crippen LogP contribution in [0.25, 0.3) is 0 Å². The molecule has 0 atom stereocenters. The molecule has 2 rings (SSSR count). The first kappa shape index (κ1) is 8.46. The summed E-state index contributed by atoms with van der Waals surface area (Å²) in [6, 6.07) is 1.31. The molecule has 7 heteroatoms. The van der Waals surface area contributed by atoms with Crippen molar-refractivity contribution in [2.24, 2.45) is 4.40 Å². The van der Waals surface area contributed by atoms with E-state index in [9.17, 15) is 8.42 Å². The maximum Gasteiger partial charge on any atom is 0.287 e. The molecule has 0 amide bonds. The number of aromatic nitrogens is 1. The van der Waals surface area contributed by atoms with Crippen LogP contribution in [-0.2, 0) is 10.0 Å². The minimum Gasteiger partial charge on any atom is -0.329 e. The highest BCUT2D eigenvalue weighted by Gasteiger charge is 2.21. The number of nitrogens with zero attached hydrogens (tertiary/aromatic N) is 2. The number of nitrogens with one attached hydrogen (secondary N) is 1. The topological polar surface area (TPSA) is 71.4 Å². The fourth-order valence-electron chi connectivity index (χ4n) is 0.939. The molecule has 0 aliphatic carbocycles. The van der Waals surface area contributed by atoms with Gasteiger partial charge in [0.25, 0.3) is 10.0 Å². The van der Waals surface area contributed by atoms with E-state index in [1.165, 1.54) is 12.3 Å². The normalized spacial score (nSPS) is 17.6. The summed E-state index contributed by atoms with van der Waals surface area (Å²) >= 11 is 5.60. The van der Waals surface area contributed by atoms with Crippen molar-refractivity contribution in [2.45, 2.75) is 4.90 Å². The molecule has 1 N–H and O–H groups in total. The van der Waals surface area contributed by atoms with Crippen LogP contribution < -0.4 is 5.32 Å². The first-order valence-electron chi connectivity index (χ1n) is 3.30. The van der Waals surface area contributed by atoms with Crippen LogP contribution in [0.15, 0.2) is 21.6 Å². The number of hydrogen-bond acceptors (Lipinski definition) is 4. The second-order valence-electron chi connectivity index (χ2n) is 2.35. The van der Waals surface area contributed by atoms with Crippen molar-refractivity contribution >= 4 is 33.8 Å². The highest BCUT2D eigenvalue weighted by Crippen LogP contribution is 2.25. The third-order valence-electron chi connectivity index (χ3n) is 1.49. The van der Waals surface area contributed by atoms with Crippen LogP contribution in [0.1, 0.15) is 0 Å². The molecule has 0 fully saturated rings. The van der Waals surface area contributed by atoms with Gasteiger partial charge in [0, 0.05) is 6.20 Å². The van der Waals surface area contributed by atoms with E-state index in [0.29, 0.717) is 0 Å². The fraction of sp³-hybridized carbons (Fsp3) is 0. The van der Waals surface area contributed by atoms with Crippen molar-refractivity contribution in [1.82, 2.24) is 4.98 Å². The van der Waals surface area contributed by atoms with E-state index in [-0.39, 0.29) is 15.7 Å². The van der Waals surface area contributed by atoms with Gasteiger partial charge in [0.2, 0.25) is 0 Å². The minimum atomic E-state index is -3.60. The van der Waals surface area contributed by atoms with Gasteiger partial charge in [-0.05, 0) is 6.07 Å². The van der Waals surface area contributed by atoms with Gasteiger partial charge in [0.1, 0.15) is 11.2 Å². The molecule has 1 aliphatic rings. The Labute approximate surface area is 79.5 Å². The lowest BCUT2D eigenvalue weighted by atomic mass is 10.4. The average molecular weight is 218 g/mol. The number of anilines is 1. The Bertz CT molecular complexity index is 483. The average Bonchev–Trinajstić information content (AvgIpc) is 2.06. The number of pyridine rings is 1. The van der Waals surface area contributed by atoms with Gasteiger partial charge in [0.15, 0.2) is 5.82 Å². The Hall–Kier alpha value is -1.14. The molecule has 0 unspecified atom stereocenters. The SMILES string of the molecule is O=S1(=O)N=CNc2ncc(Cl)cc21. The number of sulfonamides is 1. The van der Waals surface area contributed by atoms with Gasteiger partial charge in [-0.15, -0.1) is 4.40 Å². The monoisotopic (exact) mass is 217 g/mol. The van der Waals surface area contributed by atoms with E-state index in [1.807, 2.05) is 0 Å². The first-order chi connectivity index (χ1) is 6.09. The van der Waals surface area contributed by atoms with Gasteiger partial charge in [-0.3, -0.25) is 0 Å². The predicted octanol–water partition coefficient (Wildman–Crippen LogP) is 0.877. The zero-order valence-corrected chi connectivity index (χ0v) is 7.80. The Balaban J connectivity index is 2.74. The molecule has 68 valence electrons. The van der Waals surface area contributed by atoms with Gasteiger partial charge in [-0.1, -0.05) is 11.6 Å². The Morgan fingerprint density at radius 1 is 1.46 bits per heavy atom. The summed E-state index contributed by atoms with van der Waals surface area (Å²) in [6.45, 7) is 0. The van der Waals surface area contributed by atoms with E-state index in [4.69, 9.17) is 11.6 Å². The van der Waals surface area contributed by atoms with Gasteiger partial charge in [0.05, 0.1) is 5.02 Å². The van der Waals surface area contributed by atoms with Crippen LogP contribution in [-0.4, -0.2) is 19.7 Å². The third kappa shape index (κ3) is 1.38. The maximum atomic E-state index is 11.3. The minimum absolute atomic E-state index is 0.00231.